The summed E-state index contributed by atoms with van der Waals surface area (Å²) in [7, 11) is 1.49. The normalized spacial score (nSPS) is 12.6. The second-order valence-corrected chi connectivity index (χ2v) is 7.53. The van der Waals surface area contributed by atoms with Gasteiger partial charge in [-0.15, -0.1) is 11.3 Å². The molecule has 3 rings (SSSR count). The van der Waals surface area contributed by atoms with Gasteiger partial charge in [0.25, 0.3) is 11.8 Å². The summed E-state index contributed by atoms with van der Waals surface area (Å²) in [5, 5.41) is 3.05. The molecule has 0 spiro atoms. The number of para-hydroxylation sites is 2. The Morgan fingerprint density at radius 2 is 1.83 bits per heavy atom. The second-order valence-electron chi connectivity index (χ2n) is 6.43. The summed E-state index contributed by atoms with van der Waals surface area (Å²) in [5.74, 6) is -0.935. The highest BCUT2D eigenvalue weighted by Gasteiger charge is 2.25. The van der Waals surface area contributed by atoms with E-state index in [2.05, 4.69) is 5.32 Å². The van der Waals surface area contributed by atoms with Crippen LogP contribution in [0.4, 0.5) is 5.00 Å². The summed E-state index contributed by atoms with van der Waals surface area (Å²) in [6.07, 6.45) is 3.67. The Morgan fingerprint density at radius 3 is 2.55 bits per heavy atom. The summed E-state index contributed by atoms with van der Waals surface area (Å²) >= 11 is 1.35. The molecule has 2 amide bonds. The van der Waals surface area contributed by atoms with Crippen LogP contribution in [0.5, 0.6) is 11.5 Å². The number of carbonyl (C=O) groups is 3. The molecular weight excluding hydrogens is 396 g/mol. The average molecular weight is 418 g/mol. The molecule has 2 aromatic rings. The number of methoxy groups -OCH3 is 1. The van der Waals surface area contributed by atoms with Crippen molar-refractivity contribution < 1.29 is 28.6 Å². The van der Waals surface area contributed by atoms with Gasteiger partial charge in [0.2, 0.25) is 0 Å². The first-order valence-corrected chi connectivity index (χ1v) is 9.97. The lowest BCUT2D eigenvalue weighted by atomic mass is 9.95. The van der Waals surface area contributed by atoms with Crippen LogP contribution in [0, 0.1) is 0 Å². The van der Waals surface area contributed by atoms with Crippen molar-refractivity contribution in [1.29, 1.82) is 0 Å². The van der Waals surface area contributed by atoms with Gasteiger partial charge < -0.3 is 25.3 Å². The fourth-order valence-corrected chi connectivity index (χ4v) is 4.45. The number of anilines is 1. The van der Waals surface area contributed by atoms with Crippen molar-refractivity contribution in [1.82, 2.24) is 0 Å². The van der Waals surface area contributed by atoms with Crippen molar-refractivity contribution in [2.45, 2.75) is 25.7 Å². The molecule has 1 aliphatic rings. The summed E-state index contributed by atoms with van der Waals surface area (Å²) in [6, 6.07) is 6.87. The quantitative estimate of drug-likeness (QED) is 0.635. The van der Waals surface area contributed by atoms with E-state index in [1.54, 1.807) is 24.3 Å². The highest BCUT2D eigenvalue weighted by Crippen LogP contribution is 2.37. The molecule has 0 saturated carbocycles. The zero-order valence-corrected chi connectivity index (χ0v) is 16.8. The molecule has 0 bridgehead atoms. The van der Waals surface area contributed by atoms with E-state index in [0.29, 0.717) is 22.1 Å². The van der Waals surface area contributed by atoms with Crippen LogP contribution in [0.1, 0.15) is 33.6 Å². The minimum absolute atomic E-state index is 0.365. The van der Waals surface area contributed by atoms with Crippen LogP contribution in [0.3, 0.4) is 0 Å². The molecule has 0 fully saturated rings. The number of rotatable bonds is 8. The third-order valence-electron chi connectivity index (χ3n) is 4.45. The Bertz CT molecular complexity index is 924. The van der Waals surface area contributed by atoms with Crippen LogP contribution in [-0.4, -0.2) is 38.1 Å². The van der Waals surface area contributed by atoms with E-state index in [9.17, 15) is 14.4 Å². The van der Waals surface area contributed by atoms with Crippen LogP contribution < -0.4 is 20.5 Å². The second kappa shape index (κ2) is 9.42. The van der Waals surface area contributed by atoms with Crippen LogP contribution >= 0.6 is 11.3 Å². The van der Waals surface area contributed by atoms with Gasteiger partial charge >= 0.3 is 5.97 Å². The molecule has 0 radical (unpaired) electrons. The Hall–Kier alpha value is -3.07. The fourth-order valence-electron chi connectivity index (χ4n) is 3.14. The number of primary amides is 1. The van der Waals surface area contributed by atoms with Crippen LogP contribution in [0.25, 0.3) is 0 Å². The first kappa shape index (κ1) is 20.7. The number of esters is 1. The van der Waals surface area contributed by atoms with Crippen molar-refractivity contribution in [3.8, 4) is 11.5 Å². The molecule has 29 heavy (non-hydrogen) atoms. The maximum atomic E-state index is 12.2. The summed E-state index contributed by atoms with van der Waals surface area (Å²) in [6.45, 7) is -0.859. The van der Waals surface area contributed by atoms with Gasteiger partial charge in [-0.05, 0) is 43.4 Å². The molecule has 1 heterocycles. The smallest absolute Gasteiger partial charge is 0.344 e. The van der Waals surface area contributed by atoms with E-state index in [1.165, 1.54) is 18.4 Å². The van der Waals surface area contributed by atoms with Gasteiger partial charge in [0.05, 0.1) is 12.7 Å². The first-order valence-electron chi connectivity index (χ1n) is 9.15. The molecule has 154 valence electrons. The predicted molar refractivity (Wildman–Crippen MR) is 108 cm³/mol. The standard InChI is InChI=1S/C20H22N2O6S/c1-26-13-7-3-4-8-14(13)27-11-17(24)28-10-16(23)22-20-18(19(21)25)12-6-2-5-9-15(12)29-20/h3-4,7-8H,2,5-6,9-11H2,1H3,(H2,21,25)(H,22,23). The number of hydrogen-bond acceptors (Lipinski definition) is 7. The number of fused-ring (bicyclic) bond motifs is 1. The monoisotopic (exact) mass is 418 g/mol. The zero-order chi connectivity index (χ0) is 20.8. The number of thiophene rings is 1. The van der Waals surface area contributed by atoms with E-state index < -0.39 is 24.4 Å². The topological polar surface area (TPSA) is 117 Å². The largest absolute Gasteiger partial charge is 0.493 e. The van der Waals surface area contributed by atoms with Crippen LogP contribution in [0.15, 0.2) is 24.3 Å². The molecule has 1 aromatic heterocycles. The summed E-state index contributed by atoms with van der Waals surface area (Å²) in [4.78, 5) is 37.0. The van der Waals surface area contributed by atoms with Crippen molar-refractivity contribution in [2.24, 2.45) is 5.73 Å². The van der Waals surface area contributed by atoms with Crippen molar-refractivity contribution in [2.75, 3.05) is 25.6 Å². The van der Waals surface area contributed by atoms with Gasteiger partial charge in [0.15, 0.2) is 24.7 Å². The van der Waals surface area contributed by atoms with Crippen molar-refractivity contribution in [3.05, 3.63) is 40.3 Å². The third kappa shape index (κ3) is 5.05. The Kier molecular flexibility index (Phi) is 6.71. The predicted octanol–water partition coefficient (Wildman–Crippen LogP) is 2.30. The summed E-state index contributed by atoms with van der Waals surface area (Å²) < 4.78 is 15.4. The number of amides is 2. The maximum absolute atomic E-state index is 12.2. The Balaban J connectivity index is 1.53. The van der Waals surface area contributed by atoms with Crippen molar-refractivity contribution in [3.63, 3.8) is 0 Å². The third-order valence-corrected chi connectivity index (χ3v) is 5.66. The van der Waals surface area contributed by atoms with Crippen LogP contribution in [-0.2, 0) is 27.2 Å². The Labute approximate surface area is 171 Å². The molecule has 8 nitrogen and oxygen atoms in total. The SMILES string of the molecule is COc1ccccc1OCC(=O)OCC(=O)Nc1sc2c(c1C(N)=O)CCCC2. The van der Waals surface area contributed by atoms with Gasteiger partial charge in [0.1, 0.15) is 5.00 Å². The highest BCUT2D eigenvalue weighted by molar-refractivity contribution is 7.17. The van der Waals surface area contributed by atoms with Crippen molar-refractivity contribution >= 4 is 34.1 Å². The lowest BCUT2D eigenvalue weighted by Crippen LogP contribution is -2.24. The first-order chi connectivity index (χ1) is 14.0. The molecule has 3 N–H and O–H groups in total. The lowest BCUT2D eigenvalue weighted by molar-refractivity contribution is -0.149. The highest BCUT2D eigenvalue weighted by atomic mass is 32.1. The fraction of sp³-hybridized carbons (Fsp3) is 0.350. The lowest BCUT2D eigenvalue weighted by Gasteiger charge is -2.11. The molecule has 0 atom stereocenters. The molecular formula is C20H22N2O6S. The molecule has 0 saturated heterocycles. The van der Waals surface area contributed by atoms with E-state index in [0.717, 1.165) is 36.1 Å². The van der Waals surface area contributed by atoms with E-state index in [4.69, 9.17) is 19.9 Å². The molecule has 9 heteroatoms. The van der Waals surface area contributed by atoms with E-state index in [-0.39, 0.29) is 6.61 Å². The number of benzene rings is 1. The van der Waals surface area contributed by atoms with Crippen LogP contribution in [0.2, 0.25) is 0 Å². The molecule has 0 unspecified atom stereocenters. The number of carbonyl (C=O) groups excluding carboxylic acids is 3. The van der Waals surface area contributed by atoms with Gasteiger partial charge in [-0.3, -0.25) is 9.59 Å². The minimum Gasteiger partial charge on any atom is -0.493 e. The van der Waals surface area contributed by atoms with E-state index >= 15 is 0 Å². The molecule has 0 aliphatic heterocycles. The van der Waals surface area contributed by atoms with Gasteiger partial charge in [-0.2, -0.15) is 0 Å². The van der Waals surface area contributed by atoms with Gasteiger partial charge in [-0.1, -0.05) is 12.1 Å². The average Bonchev–Trinajstić information content (AvgIpc) is 3.08. The summed E-state index contributed by atoms with van der Waals surface area (Å²) in [5.41, 5.74) is 6.79. The number of hydrogen-bond donors (Lipinski definition) is 2. The molecule has 1 aromatic carbocycles. The Morgan fingerprint density at radius 1 is 1.10 bits per heavy atom. The number of nitrogens with one attached hydrogen (secondary N) is 1. The number of ether oxygens (including phenoxy) is 3. The van der Waals surface area contributed by atoms with Gasteiger partial charge in [-0.25, -0.2) is 4.79 Å². The maximum Gasteiger partial charge on any atom is 0.344 e. The van der Waals surface area contributed by atoms with E-state index in [1.807, 2.05) is 0 Å². The zero-order valence-electron chi connectivity index (χ0n) is 16.0. The number of nitrogens with two attached hydrogens (primary N) is 1. The minimum atomic E-state index is -0.702. The molecule has 1 aliphatic carbocycles. The number of aryl methyl sites for hydroxylation is 1. The van der Waals surface area contributed by atoms with Gasteiger partial charge in [0, 0.05) is 4.88 Å².